The summed E-state index contributed by atoms with van der Waals surface area (Å²) in [5.74, 6) is -0.176. The van der Waals surface area contributed by atoms with Crippen molar-refractivity contribution in [3.8, 4) is 0 Å². The number of hydrogen-bond donors (Lipinski definition) is 1. The van der Waals surface area contributed by atoms with E-state index in [0.717, 1.165) is 37.4 Å². The van der Waals surface area contributed by atoms with Gasteiger partial charge in [-0.3, -0.25) is 4.90 Å². The summed E-state index contributed by atoms with van der Waals surface area (Å²) in [6.45, 7) is 9.88. The molecule has 1 unspecified atom stereocenters. The molecule has 0 aliphatic carbocycles. The van der Waals surface area contributed by atoms with Crippen LogP contribution in [0, 0.1) is 12.7 Å². The monoisotopic (exact) mass is 280 g/mol. The van der Waals surface area contributed by atoms with Gasteiger partial charge in [0.25, 0.3) is 0 Å². The van der Waals surface area contributed by atoms with Crippen LogP contribution in [0.3, 0.4) is 0 Å². The summed E-state index contributed by atoms with van der Waals surface area (Å²) >= 11 is 0. The second-order valence-corrected chi connectivity index (χ2v) is 5.98. The first-order valence-electron chi connectivity index (χ1n) is 7.23. The molecule has 0 aromatic heterocycles. The van der Waals surface area contributed by atoms with Crippen LogP contribution in [0.15, 0.2) is 18.2 Å². The molecule has 2 rings (SSSR count). The number of rotatable bonds is 4. The first kappa shape index (κ1) is 15.4. The smallest absolute Gasteiger partial charge is 0.123 e. The minimum Gasteiger partial charge on any atom is -0.379 e. The van der Waals surface area contributed by atoms with Gasteiger partial charge in [0.05, 0.1) is 19.3 Å². The fourth-order valence-corrected chi connectivity index (χ4v) is 3.17. The molecular weight excluding hydrogens is 255 g/mol. The molecule has 20 heavy (non-hydrogen) atoms. The molecule has 0 saturated carbocycles. The van der Waals surface area contributed by atoms with Crippen LogP contribution in [-0.4, -0.2) is 43.8 Å². The zero-order valence-electron chi connectivity index (χ0n) is 12.9. The lowest BCUT2D eigenvalue weighted by atomic mass is 9.84. The zero-order chi connectivity index (χ0) is 14.8. The lowest BCUT2D eigenvalue weighted by molar-refractivity contribution is -0.0230. The molecular formula is C16H25FN2O. The molecule has 1 aromatic rings. The molecule has 1 fully saturated rings. The number of morpholine rings is 1. The lowest BCUT2D eigenvalue weighted by Crippen LogP contribution is -2.55. The first-order valence-corrected chi connectivity index (χ1v) is 7.23. The molecule has 112 valence electrons. The van der Waals surface area contributed by atoms with Gasteiger partial charge in [0, 0.05) is 18.6 Å². The highest BCUT2D eigenvalue weighted by atomic mass is 19.1. The first-order chi connectivity index (χ1) is 9.46. The number of aryl methyl sites for hydroxylation is 1. The van der Waals surface area contributed by atoms with Crippen LogP contribution in [0.2, 0.25) is 0 Å². The maximum Gasteiger partial charge on any atom is 0.123 e. The van der Waals surface area contributed by atoms with E-state index >= 15 is 0 Å². The van der Waals surface area contributed by atoms with Crippen molar-refractivity contribution in [1.82, 2.24) is 10.2 Å². The Morgan fingerprint density at radius 3 is 2.50 bits per heavy atom. The molecule has 1 saturated heterocycles. The molecule has 0 spiro atoms. The Morgan fingerprint density at radius 2 is 1.95 bits per heavy atom. The molecule has 0 bridgehead atoms. The van der Waals surface area contributed by atoms with Gasteiger partial charge >= 0.3 is 0 Å². The molecule has 0 amide bonds. The third-order valence-corrected chi connectivity index (χ3v) is 4.36. The number of halogens is 1. The van der Waals surface area contributed by atoms with Crippen LogP contribution in [0.5, 0.6) is 0 Å². The summed E-state index contributed by atoms with van der Waals surface area (Å²) in [6.07, 6.45) is 0. The third kappa shape index (κ3) is 3.03. The van der Waals surface area contributed by atoms with Gasteiger partial charge in [0.1, 0.15) is 5.82 Å². The van der Waals surface area contributed by atoms with Crippen LogP contribution in [0.25, 0.3) is 0 Å². The van der Waals surface area contributed by atoms with Crippen LogP contribution in [0.4, 0.5) is 4.39 Å². The largest absolute Gasteiger partial charge is 0.379 e. The molecule has 0 radical (unpaired) electrons. The van der Waals surface area contributed by atoms with E-state index < -0.39 is 0 Å². The van der Waals surface area contributed by atoms with Crippen molar-refractivity contribution >= 4 is 0 Å². The molecule has 1 N–H and O–H groups in total. The van der Waals surface area contributed by atoms with Crippen molar-refractivity contribution in [2.24, 2.45) is 0 Å². The Kier molecular flexibility index (Phi) is 4.78. The van der Waals surface area contributed by atoms with Gasteiger partial charge in [-0.05, 0) is 51.1 Å². The molecule has 1 heterocycles. The van der Waals surface area contributed by atoms with Gasteiger partial charge in [0.15, 0.2) is 0 Å². The minimum atomic E-state index is -0.176. The Labute approximate surface area is 121 Å². The predicted molar refractivity (Wildman–Crippen MR) is 79.4 cm³/mol. The van der Waals surface area contributed by atoms with Crippen molar-refractivity contribution in [2.75, 3.05) is 33.4 Å². The van der Waals surface area contributed by atoms with E-state index in [9.17, 15) is 4.39 Å². The maximum absolute atomic E-state index is 13.3. The van der Waals surface area contributed by atoms with E-state index in [2.05, 4.69) is 24.1 Å². The van der Waals surface area contributed by atoms with E-state index in [-0.39, 0.29) is 17.4 Å². The average Bonchev–Trinajstić information content (AvgIpc) is 2.43. The number of nitrogens with zero attached hydrogens (tertiary/aromatic N) is 1. The van der Waals surface area contributed by atoms with E-state index in [1.165, 1.54) is 0 Å². The van der Waals surface area contributed by atoms with Crippen LogP contribution >= 0.6 is 0 Å². The normalized spacial score (nSPS) is 19.1. The predicted octanol–water partition coefficient (Wildman–Crippen LogP) is 2.51. The van der Waals surface area contributed by atoms with Crippen molar-refractivity contribution in [3.63, 3.8) is 0 Å². The van der Waals surface area contributed by atoms with Crippen molar-refractivity contribution < 1.29 is 9.13 Å². The third-order valence-electron chi connectivity index (χ3n) is 4.36. The molecule has 1 aromatic carbocycles. The Bertz CT molecular complexity index is 456. The second-order valence-electron chi connectivity index (χ2n) is 5.98. The quantitative estimate of drug-likeness (QED) is 0.917. The SMILES string of the molecule is CNC(c1ccc(F)cc1C)C(C)(C)N1CCOCC1. The summed E-state index contributed by atoms with van der Waals surface area (Å²) < 4.78 is 18.8. The standard InChI is InChI=1S/C16H25FN2O/c1-12-11-13(17)5-6-14(12)15(18-4)16(2,3)19-7-9-20-10-8-19/h5-6,11,15,18H,7-10H2,1-4H3. The number of hydrogen-bond acceptors (Lipinski definition) is 3. The van der Waals surface area contributed by atoms with Crippen molar-refractivity contribution in [2.45, 2.75) is 32.4 Å². The molecule has 1 aliphatic rings. The number of likely N-dealkylation sites (N-methyl/N-ethyl adjacent to an activating group) is 1. The highest BCUT2D eigenvalue weighted by molar-refractivity contribution is 5.32. The van der Waals surface area contributed by atoms with Gasteiger partial charge in [0.2, 0.25) is 0 Å². The molecule has 1 atom stereocenters. The Morgan fingerprint density at radius 1 is 1.30 bits per heavy atom. The summed E-state index contributed by atoms with van der Waals surface area (Å²) in [5, 5.41) is 3.41. The maximum atomic E-state index is 13.3. The summed E-state index contributed by atoms with van der Waals surface area (Å²) in [4.78, 5) is 2.44. The molecule has 4 heteroatoms. The molecule has 1 aliphatic heterocycles. The Hall–Kier alpha value is -0.970. The highest BCUT2D eigenvalue weighted by Gasteiger charge is 2.36. The van der Waals surface area contributed by atoms with Gasteiger partial charge in [-0.25, -0.2) is 4.39 Å². The fraction of sp³-hybridized carbons (Fsp3) is 0.625. The van der Waals surface area contributed by atoms with Crippen molar-refractivity contribution in [3.05, 3.63) is 35.1 Å². The zero-order valence-corrected chi connectivity index (χ0v) is 12.9. The van der Waals surface area contributed by atoms with Gasteiger partial charge in [-0.15, -0.1) is 0 Å². The fourth-order valence-electron chi connectivity index (χ4n) is 3.17. The average molecular weight is 280 g/mol. The number of nitrogens with one attached hydrogen (secondary N) is 1. The summed E-state index contributed by atoms with van der Waals surface area (Å²) in [7, 11) is 1.97. The topological polar surface area (TPSA) is 24.5 Å². The lowest BCUT2D eigenvalue weighted by Gasteiger charge is -2.46. The van der Waals surface area contributed by atoms with Crippen LogP contribution < -0.4 is 5.32 Å². The number of benzene rings is 1. The van der Waals surface area contributed by atoms with E-state index in [1.54, 1.807) is 12.1 Å². The number of ether oxygens (including phenoxy) is 1. The highest BCUT2D eigenvalue weighted by Crippen LogP contribution is 2.33. The van der Waals surface area contributed by atoms with E-state index in [4.69, 9.17) is 4.74 Å². The molecule has 3 nitrogen and oxygen atoms in total. The van der Waals surface area contributed by atoms with Crippen molar-refractivity contribution in [1.29, 1.82) is 0 Å². The summed E-state index contributed by atoms with van der Waals surface area (Å²) in [6, 6.07) is 5.20. The van der Waals surface area contributed by atoms with Gasteiger partial charge < -0.3 is 10.1 Å². The summed E-state index contributed by atoms with van der Waals surface area (Å²) in [5.41, 5.74) is 2.09. The van der Waals surface area contributed by atoms with Crippen LogP contribution in [-0.2, 0) is 4.74 Å². The van der Waals surface area contributed by atoms with Crippen LogP contribution in [0.1, 0.15) is 31.0 Å². The second kappa shape index (κ2) is 6.20. The Balaban J connectivity index is 2.29. The van der Waals surface area contributed by atoms with E-state index in [0.29, 0.717) is 0 Å². The minimum absolute atomic E-state index is 0.0544. The van der Waals surface area contributed by atoms with Gasteiger partial charge in [-0.2, -0.15) is 0 Å². The van der Waals surface area contributed by atoms with E-state index in [1.807, 2.05) is 20.0 Å². The van der Waals surface area contributed by atoms with Gasteiger partial charge in [-0.1, -0.05) is 6.07 Å².